The van der Waals surface area contributed by atoms with Crippen molar-refractivity contribution in [1.29, 1.82) is 0 Å². The van der Waals surface area contributed by atoms with E-state index in [1.54, 1.807) is 12.1 Å². The molecule has 1 amide bonds. The lowest BCUT2D eigenvalue weighted by Gasteiger charge is -2.11. The topological polar surface area (TPSA) is 118 Å². The Kier molecular flexibility index (Phi) is 4.64. The van der Waals surface area contributed by atoms with Gasteiger partial charge in [-0.15, -0.1) is 0 Å². The maximum atomic E-state index is 12.5. The summed E-state index contributed by atoms with van der Waals surface area (Å²) in [6.07, 6.45) is 2.96. The van der Waals surface area contributed by atoms with Crippen molar-refractivity contribution in [2.24, 2.45) is 0 Å². The van der Waals surface area contributed by atoms with Gasteiger partial charge in [0, 0.05) is 23.9 Å². The quantitative estimate of drug-likeness (QED) is 0.592. The van der Waals surface area contributed by atoms with Crippen molar-refractivity contribution in [2.75, 3.05) is 16.9 Å². The van der Waals surface area contributed by atoms with Gasteiger partial charge in [0.25, 0.3) is 11.6 Å². The number of benzene rings is 2. The standard InChI is InChI=1S/C17H17N3O5S/c1-26(24,25)16-5-3-2-4-14(16)19-17(21)11-6-9-13(18-12-7-8-12)15(10-11)20(22)23/h2-6,9-10,12,18H,7-8H2,1H3,(H,19,21). The van der Waals surface area contributed by atoms with Gasteiger partial charge in [0.05, 0.1) is 15.5 Å². The maximum Gasteiger partial charge on any atom is 0.293 e. The van der Waals surface area contributed by atoms with E-state index < -0.39 is 20.7 Å². The van der Waals surface area contributed by atoms with E-state index in [4.69, 9.17) is 0 Å². The van der Waals surface area contributed by atoms with Gasteiger partial charge in [-0.25, -0.2) is 8.42 Å². The highest BCUT2D eigenvalue weighted by atomic mass is 32.2. The Morgan fingerprint density at radius 3 is 2.46 bits per heavy atom. The van der Waals surface area contributed by atoms with Crippen LogP contribution in [0.2, 0.25) is 0 Å². The molecule has 0 atom stereocenters. The van der Waals surface area contributed by atoms with E-state index in [9.17, 15) is 23.3 Å². The van der Waals surface area contributed by atoms with Crippen LogP contribution in [0.4, 0.5) is 17.1 Å². The van der Waals surface area contributed by atoms with Crippen LogP contribution in [0, 0.1) is 10.1 Å². The fourth-order valence-corrected chi connectivity index (χ4v) is 3.33. The predicted octanol–water partition coefficient (Wildman–Crippen LogP) is 2.82. The molecule has 0 unspecified atom stereocenters. The van der Waals surface area contributed by atoms with Crippen LogP contribution in [0.15, 0.2) is 47.4 Å². The van der Waals surface area contributed by atoms with Gasteiger partial charge in [-0.05, 0) is 37.1 Å². The molecule has 1 saturated carbocycles. The zero-order chi connectivity index (χ0) is 18.9. The third kappa shape index (κ3) is 3.99. The van der Waals surface area contributed by atoms with E-state index in [0.717, 1.165) is 19.1 Å². The second-order valence-electron chi connectivity index (χ2n) is 6.13. The summed E-state index contributed by atoms with van der Waals surface area (Å²) in [6.45, 7) is 0. The number of amides is 1. The summed E-state index contributed by atoms with van der Waals surface area (Å²) in [5.41, 5.74) is 0.371. The molecule has 2 aromatic rings. The van der Waals surface area contributed by atoms with Gasteiger partial charge in [-0.2, -0.15) is 0 Å². The van der Waals surface area contributed by atoms with Crippen molar-refractivity contribution < 1.29 is 18.1 Å². The molecule has 0 aliphatic heterocycles. The molecule has 0 radical (unpaired) electrons. The Labute approximate surface area is 150 Å². The van der Waals surface area contributed by atoms with Crippen molar-refractivity contribution in [3.05, 3.63) is 58.1 Å². The van der Waals surface area contributed by atoms with E-state index in [1.165, 1.54) is 30.3 Å². The largest absolute Gasteiger partial charge is 0.377 e. The van der Waals surface area contributed by atoms with Crippen molar-refractivity contribution in [1.82, 2.24) is 0 Å². The molecule has 0 aromatic heterocycles. The molecule has 3 rings (SSSR count). The number of nitrogens with zero attached hydrogens (tertiary/aromatic N) is 1. The molecule has 1 fully saturated rings. The predicted molar refractivity (Wildman–Crippen MR) is 97.2 cm³/mol. The van der Waals surface area contributed by atoms with Gasteiger partial charge in [-0.1, -0.05) is 12.1 Å². The molecule has 0 heterocycles. The minimum absolute atomic E-state index is 0.0186. The highest BCUT2D eigenvalue weighted by Gasteiger charge is 2.26. The lowest BCUT2D eigenvalue weighted by molar-refractivity contribution is -0.384. The van der Waals surface area contributed by atoms with Crippen LogP contribution in [-0.2, 0) is 9.84 Å². The minimum atomic E-state index is -3.53. The lowest BCUT2D eigenvalue weighted by atomic mass is 10.1. The van der Waals surface area contributed by atoms with Gasteiger partial charge in [0.2, 0.25) is 0 Å². The molecule has 1 aliphatic carbocycles. The number of rotatable bonds is 6. The molecule has 0 bridgehead atoms. The third-order valence-corrected chi connectivity index (χ3v) is 5.08. The zero-order valence-electron chi connectivity index (χ0n) is 13.9. The Morgan fingerprint density at radius 2 is 1.85 bits per heavy atom. The first-order chi connectivity index (χ1) is 12.3. The van der Waals surface area contributed by atoms with E-state index in [-0.39, 0.29) is 27.9 Å². The van der Waals surface area contributed by atoms with E-state index >= 15 is 0 Å². The summed E-state index contributed by atoms with van der Waals surface area (Å²) in [7, 11) is -3.53. The van der Waals surface area contributed by atoms with Gasteiger partial charge >= 0.3 is 0 Å². The zero-order valence-corrected chi connectivity index (χ0v) is 14.7. The summed E-state index contributed by atoms with van der Waals surface area (Å²) >= 11 is 0. The molecule has 1 aliphatic rings. The number of hydrogen-bond acceptors (Lipinski definition) is 6. The molecule has 9 heteroatoms. The smallest absolute Gasteiger partial charge is 0.293 e. The molecule has 26 heavy (non-hydrogen) atoms. The van der Waals surface area contributed by atoms with Gasteiger partial charge in [0.15, 0.2) is 9.84 Å². The Bertz CT molecular complexity index is 984. The van der Waals surface area contributed by atoms with Crippen molar-refractivity contribution >= 4 is 32.8 Å². The van der Waals surface area contributed by atoms with Crippen LogP contribution < -0.4 is 10.6 Å². The number of nitrogens with one attached hydrogen (secondary N) is 2. The number of sulfone groups is 1. The van der Waals surface area contributed by atoms with Crippen LogP contribution in [0.5, 0.6) is 0 Å². The lowest BCUT2D eigenvalue weighted by Crippen LogP contribution is -2.15. The summed E-state index contributed by atoms with van der Waals surface area (Å²) in [5, 5.41) is 16.9. The van der Waals surface area contributed by atoms with E-state index in [0.29, 0.717) is 5.69 Å². The normalized spacial score (nSPS) is 13.9. The molecule has 2 N–H and O–H groups in total. The van der Waals surface area contributed by atoms with E-state index in [1.807, 2.05) is 0 Å². The summed E-state index contributed by atoms with van der Waals surface area (Å²) in [5.74, 6) is -0.623. The Hall–Kier alpha value is -2.94. The first-order valence-corrected chi connectivity index (χ1v) is 9.80. The summed E-state index contributed by atoms with van der Waals surface area (Å²) in [6, 6.07) is 10.4. The van der Waals surface area contributed by atoms with Crippen molar-refractivity contribution in [3.63, 3.8) is 0 Å². The maximum absolute atomic E-state index is 12.5. The van der Waals surface area contributed by atoms with Crippen molar-refractivity contribution in [3.8, 4) is 0 Å². The van der Waals surface area contributed by atoms with Gasteiger partial charge < -0.3 is 10.6 Å². The molecule has 136 valence electrons. The molecule has 8 nitrogen and oxygen atoms in total. The van der Waals surface area contributed by atoms with Crippen LogP contribution >= 0.6 is 0 Å². The Morgan fingerprint density at radius 1 is 1.15 bits per heavy atom. The highest BCUT2D eigenvalue weighted by Crippen LogP contribution is 2.32. The number of carbonyl (C=O) groups excluding carboxylic acids is 1. The highest BCUT2D eigenvalue weighted by molar-refractivity contribution is 7.90. The number of para-hydroxylation sites is 1. The Balaban J connectivity index is 1.89. The average Bonchev–Trinajstić information content (AvgIpc) is 3.38. The third-order valence-electron chi connectivity index (χ3n) is 3.93. The van der Waals surface area contributed by atoms with Crippen LogP contribution in [-0.4, -0.2) is 31.5 Å². The first-order valence-electron chi connectivity index (χ1n) is 7.91. The SMILES string of the molecule is CS(=O)(=O)c1ccccc1NC(=O)c1ccc(NC2CC2)c([N+](=O)[O-])c1. The summed E-state index contributed by atoms with van der Waals surface area (Å²) in [4.78, 5) is 23.2. The average molecular weight is 375 g/mol. The van der Waals surface area contributed by atoms with Crippen LogP contribution in [0.1, 0.15) is 23.2 Å². The second kappa shape index (κ2) is 6.75. The molecular weight excluding hydrogens is 358 g/mol. The second-order valence-corrected chi connectivity index (χ2v) is 8.11. The number of anilines is 2. The number of nitro groups is 1. The molecule has 2 aromatic carbocycles. The molecule has 0 spiro atoms. The van der Waals surface area contributed by atoms with Crippen LogP contribution in [0.3, 0.4) is 0 Å². The monoisotopic (exact) mass is 375 g/mol. The van der Waals surface area contributed by atoms with E-state index in [2.05, 4.69) is 10.6 Å². The van der Waals surface area contributed by atoms with Gasteiger partial charge in [-0.3, -0.25) is 14.9 Å². The summed E-state index contributed by atoms with van der Waals surface area (Å²) < 4.78 is 23.6. The first kappa shape index (κ1) is 17.9. The van der Waals surface area contributed by atoms with Gasteiger partial charge in [0.1, 0.15) is 5.69 Å². The number of carbonyl (C=O) groups is 1. The van der Waals surface area contributed by atoms with Crippen molar-refractivity contribution in [2.45, 2.75) is 23.8 Å². The minimum Gasteiger partial charge on any atom is -0.377 e. The van der Waals surface area contributed by atoms with Crippen LogP contribution in [0.25, 0.3) is 0 Å². The molecular formula is C17H17N3O5S. The number of nitro benzene ring substituents is 1. The molecule has 0 saturated heterocycles. The fourth-order valence-electron chi connectivity index (χ4n) is 2.48. The number of hydrogen-bond donors (Lipinski definition) is 2. The fraction of sp³-hybridized carbons (Fsp3) is 0.235.